The van der Waals surface area contributed by atoms with Crippen LogP contribution in [0, 0.1) is 0 Å². The van der Waals surface area contributed by atoms with Crippen LogP contribution in [0.5, 0.6) is 5.75 Å². The van der Waals surface area contributed by atoms with Crippen LogP contribution < -0.4 is 15.0 Å². The number of amides is 2. The monoisotopic (exact) mass is 346 g/mol. The van der Waals surface area contributed by atoms with Gasteiger partial charge in [-0.05, 0) is 35.0 Å². The molecule has 1 aliphatic rings. The summed E-state index contributed by atoms with van der Waals surface area (Å²) in [4.78, 5) is 26.4. The molecular weight excluding hydrogens is 328 g/mol. The lowest BCUT2D eigenvalue weighted by molar-refractivity contribution is -0.121. The number of nitrogens with zero attached hydrogens (tertiary/aromatic N) is 1. The van der Waals surface area contributed by atoms with Crippen LogP contribution >= 0.6 is 0 Å². The number of methoxy groups -OCH3 is 1. The van der Waals surface area contributed by atoms with E-state index >= 15 is 0 Å². The van der Waals surface area contributed by atoms with Gasteiger partial charge in [0.25, 0.3) is 5.91 Å². The minimum absolute atomic E-state index is 0.128. The second-order valence-corrected chi connectivity index (χ2v) is 6.23. The van der Waals surface area contributed by atoms with Gasteiger partial charge in [0, 0.05) is 11.8 Å². The third-order valence-electron chi connectivity index (χ3n) is 4.55. The number of carbonyl (C=O) groups is 2. The minimum Gasteiger partial charge on any atom is -0.497 e. The van der Waals surface area contributed by atoms with Crippen molar-refractivity contribution >= 4 is 34.0 Å². The van der Waals surface area contributed by atoms with Gasteiger partial charge in [0.1, 0.15) is 11.8 Å². The molecule has 1 aliphatic heterocycles. The van der Waals surface area contributed by atoms with E-state index in [0.717, 1.165) is 16.5 Å². The summed E-state index contributed by atoms with van der Waals surface area (Å²) in [7, 11) is 1.55. The van der Waals surface area contributed by atoms with E-state index in [4.69, 9.17) is 4.74 Å². The number of nitrogens with one attached hydrogen (secondary N) is 1. The summed E-state index contributed by atoms with van der Waals surface area (Å²) in [6.45, 7) is 0. The van der Waals surface area contributed by atoms with Crippen molar-refractivity contribution in [2.75, 3.05) is 17.3 Å². The molecule has 3 aromatic carbocycles. The van der Waals surface area contributed by atoms with E-state index in [1.807, 2.05) is 42.5 Å². The smallest absolute Gasteiger partial charge is 0.256 e. The maximum absolute atomic E-state index is 12.8. The molecule has 0 bridgehead atoms. The minimum atomic E-state index is -0.574. The van der Waals surface area contributed by atoms with Crippen molar-refractivity contribution in [1.82, 2.24) is 0 Å². The van der Waals surface area contributed by atoms with Gasteiger partial charge in [-0.3, -0.25) is 9.59 Å². The Morgan fingerprint density at radius 3 is 2.58 bits per heavy atom. The Morgan fingerprint density at radius 1 is 0.962 bits per heavy atom. The molecule has 0 aromatic heterocycles. The molecule has 0 radical (unpaired) electrons. The van der Waals surface area contributed by atoms with E-state index in [2.05, 4.69) is 5.32 Å². The van der Waals surface area contributed by atoms with Crippen LogP contribution in [0.25, 0.3) is 10.8 Å². The fourth-order valence-electron chi connectivity index (χ4n) is 3.25. The zero-order valence-corrected chi connectivity index (χ0v) is 14.3. The summed E-state index contributed by atoms with van der Waals surface area (Å²) >= 11 is 0. The molecule has 0 saturated carbocycles. The van der Waals surface area contributed by atoms with E-state index < -0.39 is 6.04 Å². The molecule has 4 rings (SSSR count). The molecule has 26 heavy (non-hydrogen) atoms. The van der Waals surface area contributed by atoms with Gasteiger partial charge in [-0.1, -0.05) is 36.4 Å². The second kappa shape index (κ2) is 6.52. The number of imide groups is 1. The van der Waals surface area contributed by atoms with Gasteiger partial charge in [0.05, 0.1) is 19.2 Å². The van der Waals surface area contributed by atoms with Gasteiger partial charge in [-0.15, -0.1) is 0 Å². The number of fused-ring (bicyclic) bond motifs is 1. The summed E-state index contributed by atoms with van der Waals surface area (Å²) in [6, 6.07) is 20.3. The molecule has 1 saturated heterocycles. The number of hydrogen-bond donors (Lipinski definition) is 1. The van der Waals surface area contributed by atoms with E-state index in [-0.39, 0.29) is 18.2 Å². The van der Waals surface area contributed by atoms with E-state index in [1.54, 1.807) is 31.4 Å². The Morgan fingerprint density at radius 2 is 1.77 bits per heavy atom. The summed E-state index contributed by atoms with van der Waals surface area (Å²) in [6.07, 6.45) is 0.128. The van der Waals surface area contributed by atoms with Crippen molar-refractivity contribution in [3.05, 3.63) is 66.7 Å². The lowest BCUT2D eigenvalue weighted by atomic mass is 10.1. The highest BCUT2D eigenvalue weighted by Gasteiger charge is 2.39. The summed E-state index contributed by atoms with van der Waals surface area (Å²) < 4.78 is 5.18. The number of anilines is 2. The molecule has 1 heterocycles. The molecule has 0 unspecified atom stereocenters. The number of benzene rings is 3. The van der Waals surface area contributed by atoms with E-state index in [1.165, 1.54) is 4.90 Å². The van der Waals surface area contributed by atoms with Crippen LogP contribution in [0.15, 0.2) is 66.7 Å². The van der Waals surface area contributed by atoms with Gasteiger partial charge in [-0.2, -0.15) is 0 Å². The Labute approximate surface area is 151 Å². The molecule has 5 heteroatoms. The normalized spacial score (nSPS) is 17.0. The summed E-state index contributed by atoms with van der Waals surface area (Å²) in [5.41, 5.74) is 1.35. The molecule has 1 fully saturated rings. The van der Waals surface area contributed by atoms with Gasteiger partial charge < -0.3 is 10.1 Å². The third kappa shape index (κ3) is 2.88. The van der Waals surface area contributed by atoms with Crippen LogP contribution in [0.4, 0.5) is 11.4 Å². The van der Waals surface area contributed by atoms with Crippen LogP contribution in [-0.2, 0) is 9.59 Å². The number of hydrogen-bond acceptors (Lipinski definition) is 4. The van der Waals surface area contributed by atoms with Crippen LogP contribution in [0.2, 0.25) is 0 Å². The first-order valence-electron chi connectivity index (χ1n) is 8.42. The van der Waals surface area contributed by atoms with Crippen molar-refractivity contribution in [2.45, 2.75) is 12.5 Å². The maximum atomic E-state index is 12.8. The highest BCUT2D eigenvalue weighted by molar-refractivity contribution is 6.23. The zero-order valence-electron chi connectivity index (χ0n) is 14.3. The van der Waals surface area contributed by atoms with Crippen LogP contribution in [-0.4, -0.2) is 25.0 Å². The standard InChI is InChI=1S/C21H18N2O3/c1-26-18-8-4-7-17(12-18)23-20(24)13-19(21(23)25)22-16-10-9-14-5-2-3-6-15(14)11-16/h2-12,19,22H,13H2,1H3/t19-/m1/s1. The summed E-state index contributed by atoms with van der Waals surface area (Å²) in [5.74, 6) is 0.131. The maximum Gasteiger partial charge on any atom is 0.256 e. The van der Waals surface area contributed by atoms with Crippen LogP contribution in [0.3, 0.4) is 0 Å². The predicted octanol–water partition coefficient (Wildman–Crippen LogP) is 3.59. The number of ether oxygens (including phenoxy) is 1. The largest absolute Gasteiger partial charge is 0.497 e. The van der Waals surface area contributed by atoms with E-state index in [0.29, 0.717) is 11.4 Å². The van der Waals surface area contributed by atoms with Gasteiger partial charge in [0.15, 0.2) is 0 Å². The van der Waals surface area contributed by atoms with Crippen molar-refractivity contribution in [2.24, 2.45) is 0 Å². The number of rotatable bonds is 4. The Bertz CT molecular complexity index is 999. The first-order valence-corrected chi connectivity index (χ1v) is 8.42. The summed E-state index contributed by atoms with van der Waals surface area (Å²) in [5, 5.41) is 5.41. The molecule has 130 valence electrons. The van der Waals surface area contributed by atoms with Crippen LogP contribution in [0.1, 0.15) is 6.42 Å². The van der Waals surface area contributed by atoms with Gasteiger partial charge in [0.2, 0.25) is 5.91 Å². The van der Waals surface area contributed by atoms with Gasteiger partial charge in [-0.25, -0.2) is 4.90 Å². The predicted molar refractivity (Wildman–Crippen MR) is 101 cm³/mol. The lowest BCUT2D eigenvalue weighted by Crippen LogP contribution is -2.34. The average molecular weight is 346 g/mol. The van der Waals surface area contributed by atoms with Crippen molar-refractivity contribution in [3.63, 3.8) is 0 Å². The molecular formula is C21H18N2O3. The Hall–Kier alpha value is -3.34. The highest BCUT2D eigenvalue weighted by atomic mass is 16.5. The second-order valence-electron chi connectivity index (χ2n) is 6.23. The molecule has 2 amide bonds. The van der Waals surface area contributed by atoms with E-state index in [9.17, 15) is 9.59 Å². The highest BCUT2D eigenvalue weighted by Crippen LogP contribution is 2.28. The topological polar surface area (TPSA) is 58.6 Å². The fraction of sp³-hybridized carbons (Fsp3) is 0.143. The molecule has 1 N–H and O–H groups in total. The quantitative estimate of drug-likeness (QED) is 0.734. The Balaban J connectivity index is 1.58. The first kappa shape index (κ1) is 16.1. The first-order chi connectivity index (χ1) is 12.7. The average Bonchev–Trinajstić information content (AvgIpc) is 2.95. The van der Waals surface area contributed by atoms with Crippen molar-refractivity contribution in [1.29, 1.82) is 0 Å². The van der Waals surface area contributed by atoms with Crippen molar-refractivity contribution in [3.8, 4) is 5.75 Å². The molecule has 0 spiro atoms. The Kier molecular flexibility index (Phi) is 4.05. The molecule has 5 nitrogen and oxygen atoms in total. The van der Waals surface area contributed by atoms with Gasteiger partial charge >= 0.3 is 0 Å². The molecule has 3 aromatic rings. The molecule has 0 aliphatic carbocycles. The zero-order chi connectivity index (χ0) is 18.1. The van der Waals surface area contributed by atoms with Crippen molar-refractivity contribution < 1.29 is 14.3 Å². The molecule has 1 atom stereocenters. The number of carbonyl (C=O) groups excluding carboxylic acids is 2. The third-order valence-corrected chi connectivity index (χ3v) is 4.55. The fourth-order valence-corrected chi connectivity index (χ4v) is 3.25. The SMILES string of the molecule is COc1cccc(N2C(=O)C[C@@H](Nc3ccc4ccccc4c3)C2=O)c1. The lowest BCUT2D eigenvalue weighted by Gasteiger charge is -2.17.